The van der Waals surface area contributed by atoms with E-state index in [0.717, 1.165) is 36.1 Å². The molecule has 44 heavy (non-hydrogen) atoms. The van der Waals surface area contributed by atoms with Gasteiger partial charge in [-0.15, -0.1) is 0 Å². The van der Waals surface area contributed by atoms with Crippen molar-refractivity contribution in [1.82, 2.24) is 25.4 Å². The maximum absolute atomic E-state index is 14.2. The third kappa shape index (κ3) is 7.42. The number of hydrogen-bond donors (Lipinski definition) is 3. The standard InChI is InChI=1S/C34H45N5O5/c1-23(40)39(21-24-13-14-31(43-2)32(17-24)44-3)34(42)29(18-26-19-36-28-12-8-7-11-27(26)28)37-33(41)22-38-16-15-35-20-30(38)25-9-5-4-6-10-25/h7-8,11-14,17,19,25,29-30,35-36H,4-6,9-10,15-16,18,20-22H2,1-3H3,(H,37,41). The molecule has 2 fully saturated rings. The number of benzene rings is 2. The lowest BCUT2D eigenvalue weighted by Crippen LogP contribution is -2.58. The molecule has 5 rings (SSSR count). The molecule has 2 heterocycles. The molecule has 1 aliphatic heterocycles. The molecular formula is C34H45N5O5. The molecular weight excluding hydrogens is 558 g/mol. The van der Waals surface area contributed by atoms with Crippen LogP contribution in [0.15, 0.2) is 48.7 Å². The van der Waals surface area contributed by atoms with Gasteiger partial charge in [0, 0.05) is 56.1 Å². The minimum Gasteiger partial charge on any atom is -0.493 e. The lowest BCUT2D eigenvalue weighted by atomic mass is 9.82. The fourth-order valence-corrected chi connectivity index (χ4v) is 6.79. The number of nitrogens with one attached hydrogen (secondary N) is 3. The number of nitrogens with zero attached hydrogens (tertiary/aromatic N) is 2. The molecule has 10 nitrogen and oxygen atoms in total. The van der Waals surface area contributed by atoms with Crippen LogP contribution in [0.4, 0.5) is 0 Å². The molecule has 3 amide bonds. The monoisotopic (exact) mass is 603 g/mol. The number of ether oxygens (including phenoxy) is 2. The number of rotatable bonds is 11. The van der Waals surface area contributed by atoms with E-state index >= 15 is 0 Å². The van der Waals surface area contributed by atoms with Crippen LogP contribution in [0.2, 0.25) is 0 Å². The van der Waals surface area contributed by atoms with Gasteiger partial charge >= 0.3 is 0 Å². The second kappa shape index (κ2) is 14.7. The number of para-hydroxylation sites is 1. The molecule has 1 aromatic heterocycles. The number of imide groups is 1. The first-order valence-corrected chi connectivity index (χ1v) is 15.7. The van der Waals surface area contributed by atoms with E-state index in [0.29, 0.717) is 29.0 Å². The summed E-state index contributed by atoms with van der Waals surface area (Å²) in [6.07, 6.45) is 8.26. The molecule has 0 spiro atoms. The van der Waals surface area contributed by atoms with Crippen molar-refractivity contribution < 1.29 is 23.9 Å². The van der Waals surface area contributed by atoms with Crippen molar-refractivity contribution in [3.05, 3.63) is 59.8 Å². The van der Waals surface area contributed by atoms with Crippen molar-refractivity contribution in [3.63, 3.8) is 0 Å². The van der Waals surface area contributed by atoms with Crippen LogP contribution in [0.25, 0.3) is 10.9 Å². The van der Waals surface area contributed by atoms with E-state index < -0.39 is 17.9 Å². The second-order valence-electron chi connectivity index (χ2n) is 12.0. The summed E-state index contributed by atoms with van der Waals surface area (Å²) in [6, 6.07) is 12.5. The quantitative estimate of drug-likeness (QED) is 0.307. The van der Waals surface area contributed by atoms with E-state index in [1.807, 2.05) is 30.5 Å². The number of aromatic nitrogens is 1. The second-order valence-corrected chi connectivity index (χ2v) is 12.0. The Morgan fingerprint density at radius 2 is 1.82 bits per heavy atom. The Morgan fingerprint density at radius 1 is 1.05 bits per heavy atom. The normalized spacial score (nSPS) is 18.5. The number of aromatic amines is 1. The zero-order chi connectivity index (χ0) is 31.1. The van der Waals surface area contributed by atoms with Crippen LogP contribution < -0.4 is 20.1 Å². The molecule has 10 heteroatoms. The zero-order valence-corrected chi connectivity index (χ0v) is 26.1. The molecule has 0 radical (unpaired) electrons. The van der Waals surface area contributed by atoms with E-state index in [9.17, 15) is 14.4 Å². The zero-order valence-electron chi connectivity index (χ0n) is 26.1. The average Bonchev–Trinajstić information content (AvgIpc) is 3.46. The topological polar surface area (TPSA) is 116 Å². The van der Waals surface area contributed by atoms with Gasteiger partial charge < -0.3 is 25.1 Å². The van der Waals surface area contributed by atoms with E-state index in [1.165, 1.54) is 43.9 Å². The van der Waals surface area contributed by atoms with Gasteiger partial charge in [0.2, 0.25) is 11.8 Å². The summed E-state index contributed by atoms with van der Waals surface area (Å²) in [5.41, 5.74) is 2.56. The summed E-state index contributed by atoms with van der Waals surface area (Å²) >= 11 is 0. The highest BCUT2D eigenvalue weighted by Crippen LogP contribution is 2.30. The lowest BCUT2D eigenvalue weighted by Gasteiger charge is -2.42. The van der Waals surface area contributed by atoms with Crippen molar-refractivity contribution in [3.8, 4) is 11.5 Å². The van der Waals surface area contributed by atoms with E-state index in [4.69, 9.17) is 9.47 Å². The van der Waals surface area contributed by atoms with Crippen molar-refractivity contribution in [1.29, 1.82) is 0 Å². The summed E-state index contributed by atoms with van der Waals surface area (Å²) < 4.78 is 10.8. The molecule has 2 unspecified atom stereocenters. The fraction of sp³-hybridized carbons (Fsp3) is 0.500. The van der Waals surface area contributed by atoms with Crippen LogP contribution in [0.1, 0.15) is 50.2 Å². The molecule has 2 atom stereocenters. The summed E-state index contributed by atoms with van der Waals surface area (Å²) in [6.45, 7) is 4.12. The Morgan fingerprint density at radius 3 is 2.57 bits per heavy atom. The number of fused-ring (bicyclic) bond motifs is 1. The Labute approximate surface area is 259 Å². The van der Waals surface area contributed by atoms with Gasteiger partial charge in [-0.1, -0.05) is 43.5 Å². The van der Waals surface area contributed by atoms with Gasteiger partial charge in [0.25, 0.3) is 5.91 Å². The maximum Gasteiger partial charge on any atom is 0.252 e. The number of hydrogen-bond acceptors (Lipinski definition) is 7. The van der Waals surface area contributed by atoms with Crippen LogP contribution in [0.5, 0.6) is 11.5 Å². The predicted octanol–water partition coefficient (Wildman–Crippen LogP) is 3.64. The maximum atomic E-state index is 14.2. The molecule has 2 aromatic carbocycles. The number of piperazine rings is 1. The number of carbonyl (C=O) groups excluding carboxylic acids is 3. The Hall–Kier alpha value is -3.89. The molecule has 0 bridgehead atoms. The number of amides is 3. The van der Waals surface area contributed by atoms with Crippen LogP contribution in [0, 0.1) is 5.92 Å². The average molecular weight is 604 g/mol. The molecule has 1 saturated heterocycles. The van der Waals surface area contributed by atoms with Gasteiger partial charge in [0.15, 0.2) is 11.5 Å². The highest BCUT2D eigenvalue weighted by molar-refractivity contribution is 5.99. The van der Waals surface area contributed by atoms with Crippen LogP contribution >= 0.6 is 0 Å². The van der Waals surface area contributed by atoms with Crippen LogP contribution in [0.3, 0.4) is 0 Å². The highest BCUT2D eigenvalue weighted by Gasteiger charge is 2.34. The fourth-order valence-electron chi connectivity index (χ4n) is 6.79. The van der Waals surface area contributed by atoms with Gasteiger partial charge in [-0.05, 0) is 48.1 Å². The van der Waals surface area contributed by atoms with Crippen LogP contribution in [-0.4, -0.2) is 85.0 Å². The van der Waals surface area contributed by atoms with Gasteiger partial charge in [0.05, 0.1) is 27.3 Å². The number of methoxy groups -OCH3 is 2. The molecule has 3 aromatic rings. The smallest absolute Gasteiger partial charge is 0.252 e. The van der Waals surface area contributed by atoms with Crippen LogP contribution in [-0.2, 0) is 27.3 Å². The Bertz CT molecular complexity index is 1450. The van der Waals surface area contributed by atoms with Crippen molar-refractivity contribution in [2.45, 2.75) is 64.1 Å². The molecule has 2 aliphatic rings. The Kier molecular flexibility index (Phi) is 10.6. The van der Waals surface area contributed by atoms with Crippen molar-refractivity contribution in [2.75, 3.05) is 40.4 Å². The minimum atomic E-state index is -0.929. The first-order chi connectivity index (χ1) is 21.4. The first kappa shape index (κ1) is 31.5. The lowest BCUT2D eigenvalue weighted by molar-refractivity contribution is -0.147. The predicted molar refractivity (Wildman–Crippen MR) is 170 cm³/mol. The van der Waals surface area contributed by atoms with E-state index in [2.05, 4.69) is 20.5 Å². The summed E-state index contributed by atoms with van der Waals surface area (Å²) in [5, 5.41) is 7.54. The number of carbonyl (C=O) groups is 3. The van der Waals surface area contributed by atoms with Crippen molar-refractivity contribution >= 4 is 28.6 Å². The third-order valence-electron chi connectivity index (χ3n) is 9.11. The highest BCUT2D eigenvalue weighted by atomic mass is 16.5. The molecule has 1 saturated carbocycles. The molecule has 3 N–H and O–H groups in total. The largest absolute Gasteiger partial charge is 0.493 e. The minimum absolute atomic E-state index is 0.0380. The summed E-state index contributed by atoms with van der Waals surface area (Å²) in [5.74, 6) is 0.578. The molecule has 236 valence electrons. The van der Waals surface area contributed by atoms with Gasteiger partial charge in [0.1, 0.15) is 6.04 Å². The Balaban J connectivity index is 1.37. The van der Waals surface area contributed by atoms with E-state index in [-0.39, 0.29) is 25.4 Å². The SMILES string of the molecule is COc1ccc(CN(C(C)=O)C(=O)C(Cc2c[nH]c3ccccc23)NC(=O)CN2CCNCC2C2CCCCC2)cc1OC. The molecule has 1 aliphatic carbocycles. The summed E-state index contributed by atoms with van der Waals surface area (Å²) in [4.78, 5) is 47.5. The van der Waals surface area contributed by atoms with Crippen molar-refractivity contribution in [2.24, 2.45) is 5.92 Å². The van der Waals surface area contributed by atoms with Gasteiger partial charge in [-0.2, -0.15) is 0 Å². The van der Waals surface area contributed by atoms with Gasteiger partial charge in [-0.25, -0.2) is 0 Å². The van der Waals surface area contributed by atoms with E-state index in [1.54, 1.807) is 32.4 Å². The third-order valence-corrected chi connectivity index (χ3v) is 9.11. The summed E-state index contributed by atoms with van der Waals surface area (Å²) in [7, 11) is 3.10. The number of H-pyrrole nitrogens is 1. The first-order valence-electron chi connectivity index (χ1n) is 15.7. The van der Waals surface area contributed by atoms with Gasteiger partial charge in [-0.3, -0.25) is 24.2 Å².